The topological polar surface area (TPSA) is 87.4 Å². The van der Waals surface area contributed by atoms with Gasteiger partial charge in [-0.05, 0) is 34.9 Å². The zero-order valence-electron chi connectivity index (χ0n) is 14.1. The Kier molecular flexibility index (Phi) is 5.29. The summed E-state index contributed by atoms with van der Waals surface area (Å²) in [5, 5.41) is 21.4. The van der Waals surface area contributed by atoms with Crippen LogP contribution < -0.4 is 0 Å². The van der Waals surface area contributed by atoms with Gasteiger partial charge in [0.2, 0.25) is 0 Å². The number of hydrogen-bond acceptors (Lipinski definition) is 7. The Morgan fingerprint density at radius 2 is 2.12 bits per heavy atom. The van der Waals surface area contributed by atoms with Gasteiger partial charge in [0.15, 0.2) is 22.6 Å². The lowest BCUT2D eigenvalue weighted by molar-refractivity contribution is 0.489. The van der Waals surface area contributed by atoms with Gasteiger partial charge in [0.25, 0.3) is 0 Å². The van der Waals surface area contributed by atoms with Crippen molar-refractivity contribution in [1.29, 1.82) is 0 Å². The zero-order chi connectivity index (χ0) is 16.9. The standard InChI is InChI=1S/C15H21N7OS/c1-4-7-22-13(16-19-20-22)10-24-15-18-17-14(12-6-5-8-23-12)21(15)9-11(2)3/h5-6,8,11H,4,7,9-10H2,1-3H3. The smallest absolute Gasteiger partial charge is 0.200 e. The highest BCUT2D eigenvalue weighted by molar-refractivity contribution is 7.98. The first-order valence-corrected chi connectivity index (χ1v) is 9.02. The molecule has 0 atom stereocenters. The summed E-state index contributed by atoms with van der Waals surface area (Å²) < 4.78 is 9.42. The van der Waals surface area contributed by atoms with Crippen molar-refractivity contribution < 1.29 is 4.42 Å². The quantitative estimate of drug-likeness (QED) is 0.579. The molecule has 0 fully saturated rings. The summed E-state index contributed by atoms with van der Waals surface area (Å²) in [4.78, 5) is 0. The Bertz CT molecular complexity index is 763. The molecule has 3 rings (SSSR count). The fourth-order valence-electron chi connectivity index (χ4n) is 2.35. The Hall–Kier alpha value is -2.16. The Morgan fingerprint density at radius 1 is 1.25 bits per heavy atom. The molecule has 0 saturated heterocycles. The van der Waals surface area contributed by atoms with E-state index in [1.54, 1.807) is 18.0 Å². The van der Waals surface area contributed by atoms with Crippen LogP contribution in [0, 0.1) is 5.92 Å². The lowest BCUT2D eigenvalue weighted by atomic mass is 10.2. The summed E-state index contributed by atoms with van der Waals surface area (Å²) >= 11 is 1.59. The first-order valence-electron chi connectivity index (χ1n) is 8.04. The lowest BCUT2D eigenvalue weighted by Gasteiger charge is -2.11. The van der Waals surface area contributed by atoms with E-state index >= 15 is 0 Å². The van der Waals surface area contributed by atoms with Crippen LogP contribution in [0.1, 0.15) is 33.0 Å². The number of aromatic nitrogens is 7. The number of nitrogens with zero attached hydrogens (tertiary/aromatic N) is 7. The largest absolute Gasteiger partial charge is 0.461 e. The average molecular weight is 347 g/mol. The van der Waals surface area contributed by atoms with Gasteiger partial charge in [-0.15, -0.1) is 15.3 Å². The van der Waals surface area contributed by atoms with Crippen LogP contribution >= 0.6 is 11.8 Å². The highest BCUT2D eigenvalue weighted by atomic mass is 32.2. The van der Waals surface area contributed by atoms with Crippen LogP contribution in [0.3, 0.4) is 0 Å². The number of aryl methyl sites for hydroxylation is 1. The molecule has 0 saturated carbocycles. The molecular formula is C15H21N7OS. The van der Waals surface area contributed by atoms with E-state index in [9.17, 15) is 0 Å². The molecule has 0 aliphatic carbocycles. The SMILES string of the molecule is CCCn1nnnc1CSc1nnc(-c2ccco2)n1CC(C)C. The summed E-state index contributed by atoms with van der Waals surface area (Å²) in [6, 6.07) is 3.76. The summed E-state index contributed by atoms with van der Waals surface area (Å²) in [6.07, 6.45) is 2.64. The molecule has 0 radical (unpaired) electrons. The fraction of sp³-hybridized carbons (Fsp3) is 0.533. The predicted octanol–water partition coefficient (Wildman–Crippen LogP) is 2.88. The van der Waals surface area contributed by atoms with Gasteiger partial charge in [0.1, 0.15) is 0 Å². The van der Waals surface area contributed by atoms with Crippen LogP contribution in [0.2, 0.25) is 0 Å². The van der Waals surface area contributed by atoms with Crippen molar-refractivity contribution in [1.82, 2.24) is 35.0 Å². The maximum atomic E-state index is 5.49. The van der Waals surface area contributed by atoms with Crippen LogP contribution in [0.25, 0.3) is 11.6 Å². The summed E-state index contributed by atoms with van der Waals surface area (Å²) in [6.45, 7) is 8.09. The van der Waals surface area contributed by atoms with E-state index in [1.165, 1.54) is 0 Å². The lowest BCUT2D eigenvalue weighted by Crippen LogP contribution is -2.08. The molecule has 0 amide bonds. The van der Waals surface area contributed by atoms with Crippen molar-refractivity contribution in [2.75, 3.05) is 0 Å². The maximum Gasteiger partial charge on any atom is 0.200 e. The first kappa shape index (κ1) is 16.7. The summed E-state index contributed by atoms with van der Waals surface area (Å²) in [5.41, 5.74) is 0. The van der Waals surface area contributed by atoms with Gasteiger partial charge >= 0.3 is 0 Å². The van der Waals surface area contributed by atoms with Crippen molar-refractivity contribution in [3.05, 3.63) is 24.2 Å². The second-order valence-electron chi connectivity index (χ2n) is 5.89. The molecule has 3 aromatic rings. The molecule has 128 valence electrons. The molecular weight excluding hydrogens is 326 g/mol. The van der Waals surface area contributed by atoms with E-state index in [-0.39, 0.29) is 0 Å². The molecule has 9 heteroatoms. The van der Waals surface area contributed by atoms with Gasteiger partial charge in [-0.2, -0.15) is 0 Å². The number of furan rings is 1. The first-order chi connectivity index (χ1) is 11.7. The van der Waals surface area contributed by atoms with Gasteiger partial charge in [0.05, 0.1) is 12.0 Å². The van der Waals surface area contributed by atoms with Crippen LogP contribution in [0.5, 0.6) is 0 Å². The number of rotatable bonds is 8. The monoisotopic (exact) mass is 347 g/mol. The molecule has 3 heterocycles. The van der Waals surface area contributed by atoms with E-state index < -0.39 is 0 Å². The number of hydrogen-bond donors (Lipinski definition) is 0. The second-order valence-corrected chi connectivity index (χ2v) is 6.84. The minimum absolute atomic E-state index is 0.472. The van der Waals surface area contributed by atoms with Crippen molar-refractivity contribution in [2.45, 2.75) is 51.2 Å². The molecule has 0 unspecified atom stereocenters. The molecule has 8 nitrogen and oxygen atoms in total. The van der Waals surface area contributed by atoms with Gasteiger partial charge in [-0.1, -0.05) is 32.5 Å². The third-order valence-electron chi connectivity index (χ3n) is 3.38. The predicted molar refractivity (Wildman–Crippen MR) is 90.2 cm³/mol. The molecule has 0 spiro atoms. The summed E-state index contributed by atoms with van der Waals surface area (Å²) in [7, 11) is 0. The van der Waals surface area contributed by atoms with E-state index in [0.29, 0.717) is 11.7 Å². The van der Waals surface area contributed by atoms with E-state index in [4.69, 9.17) is 4.42 Å². The second kappa shape index (κ2) is 7.61. The molecule has 24 heavy (non-hydrogen) atoms. The third kappa shape index (κ3) is 3.66. The Morgan fingerprint density at radius 3 is 2.83 bits per heavy atom. The van der Waals surface area contributed by atoms with Crippen LogP contribution in [-0.4, -0.2) is 35.0 Å². The van der Waals surface area contributed by atoms with Gasteiger partial charge in [-0.25, -0.2) is 4.68 Å². The number of tetrazole rings is 1. The minimum Gasteiger partial charge on any atom is -0.461 e. The van der Waals surface area contributed by atoms with Gasteiger partial charge in [0, 0.05) is 13.1 Å². The zero-order valence-corrected chi connectivity index (χ0v) is 14.9. The average Bonchev–Trinajstić information content (AvgIpc) is 3.26. The summed E-state index contributed by atoms with van der Waals surface area (Å²) in [5.74, 6) is 3.46. The molecule has 3 aromatic heterocycles. The number of thioether (sulfide) groups is 1. The molecule has 0 aromatic carbocycles. The van der Waals surface area contributed by atoms with Crippen molar-refractivity contribution >= 4 is 11.8 Å². The van der Waals surface area contributed by atoms with Gasteiger partial charge in [-0.3, -0.25) is 4.57 Å². The fourth-order valence-corrected chi connectivity index (χ4v) is 3.23. The van der Waals surface area contributed by atoms with Gasteiger partial charge < -0.3 is 4.42 Å². The van der Waals surface area contributed by atoms with Crippen molar-refractivity contribution in [2.24, 2.45) is 5.92 Å². The Balaban J connectivity index is 1.81. The highest BCUT2D eigenvalue weighted by Crippen LogP contribution is 2.27. The minimum atomic E-state index is 0.472. The van der Waals surface area contributed by atoms with E-state index in [2.05, 4.69) is 51.1 Å². The van der Waals surface area contributed by atoms with Crippen molar-refractivity contribution in [3.63, 3.8) is 0 Å². The molecule has 0 bridgehead atoms. The highest BCUT2D eigenvalue weighted by Gasteiger charge is 2.18. The van der Waals surface area contributed by atoms with Crippen LogP contribution in [-0.2, 0) is 18.8 Å². The van der Waals surface area contributed by atoms with Crippen molar-refractivity contribution in [3.8, 4) is 11.6 Å². The third-order valence-corrected chi connectivity index (χ3v) is 4.34. The molecule has 0 aliphatic heterocycles. The molecule has 0 N–H and O–H groups in total. The van der Waals surface area contributed by atoms with Crippen LogP contribution in [0.15, 0.2) is 28.0 Å². The Labute approximate surface area is 144 Å². The maximum absolute atomic E-state index is 5.49. The normalized spacial score (nSPS) is 11.5. The van der Waals surface area contributed by atoms with E-state index in [0.717, 1.165) is 42.1 Å². The molecule has 0 aliphatic rings. The van der Waals surface area contributed by atoms with Crippen LogP contribution in [0.4, 0.5) is 0 Å². The van der Waals surface area contributed by atoms with E-state index in [1.807, 2.05) is 16.8 Å².